The molecule has 0 fully saturated rings. The van der Waals surface area contributed by atoms with Crippen molar-refractivity contribution in [2.24, 2.45) is 0 Å². The summed E-state index contributed by atoms with van der Waals surface area (Å²) in [5.41, 5.74) is -0.0787. The molecule has 0 radical (unpaired) electrons. The highest BCUT2D eigenvalue weighted by molar-refractivity contribution is 7.86. The maximum absolute atomic E-state index is 11.0. The Labute approximate surface area is 82.2 Å². The van der Waals surface area contributed by atoms with Crippen molar-refractivity contribution in [1.29, 1.82) is 0 Å². The van der Waals surface area contributed by atoms with Gasteiger partial charge >= 0.3 is 10.1 Å². The van der Waals surface area contributed by atoms with Crippen molar-refractivity contribution in [3.63, 3.8) is 0 Å². The Morgan fingerprint density at radius 1 is 1.50 bits per heavy atom. The highest BCUT2D eigenvalue weighted by Crippen LogP contribution is 2.28. The maximum Gasteiger partial charge on any atom is 0.301 e. The first kappa shape index (κ1) is 11.1. The molecule has 6 heteroatoms. The average molecular weight is 217 g/mol. The monoisotopic (exact) mass is 217 g/mol. The fraction of sp³-hybridized carbons (Fsp3) is 0.375. The van der Waals surface area contributed by atoms with Crippen molar-refractivity contribution >= 4 is 10.1 Å². The molecule has 0 aliphatic carbocycles. The first-order valence-electron chi connectivity index (χ1n) is 4.02. The van der Waals surface area contributed by atoms with E-state index in [1.807, 2.05) is 0 Å². The molecular weight excluding hydrogens is 206 g/mol. The van der Waals surface area contributed by atoms with E-state index in [1.54, 1.807) is 6.07 Å². The minimum Gasteiger partial charge on any atom is -0.368 e. The van der Waals surface area contributed by atoms with Gasteiger partial charge in [0.1, 0.15) is 0 Å². The van der Waals surface area contributed by atoms with E-state index in [2.05, 4.69) is 4.98 Å². The van der Waals surface area contributed by atoms with Crippen LogP contribution in [-0.2, 0) is 15.1 Å². The molecule has 0 aliphatic rings. The molecule has 1 unspecified atom stereocenters. The van der Waals surface area contributed by atoms with Gasteiger partial charge in [-0.05, 0) is 18.6 Å². The molecule has 0 bridgehead atoms. The molecule has 0 saturated heterocycles. The minimum atomic E-state index is -4.57. The summed E-state index contributed by atoms with van der Waals surface area (Å²) >= 11 is 0. The third kappa shape index (κ3) is 1.77. The summed E-state index contributed by atoms with van der Waals surface area (Å²) < 4.78 is 30.8. The van der Waals surface area contributed by atoms with Crippen LogP contribution in [0.1, 0.15) is 19.0 Å². The van der Waals surface area contributed by atoms with Crippen LogP contribution in [0.4, 0.5) is 0 Å². The Balaban J connectivity index is 3.30. The van der Waals surface area contributed by atoms with Crippen LogP contribution in [0.15, 0.2) is 24.4 Å². The van der Waals surface area contributed by atoms with E-state index in [-0.39, 0.29) is 12.1 Å². The summed E-state index contributed by atoms with van der Waals surface area (Å²) in [5.74, 6) is 0. The van der Waals surface area contributed by atoms with Crippen molar-refractivity contribution in [2.75, 3.05) is 0 Å². The van der Waals surface area contributed by atoms with Gasteiger partial charge in [-0.1, -0.05) is 13.0 Å². The van der Waals surface area contributed by atoms with Gasteiger partial charge in [-0.3, -0.25) is 9.54 Å². The van der Waals surface area contributed by atoms with Crippen molar-refractivity contribution in [3.05, 3.63) is 30.1 Å². The highest BCUT2D eigenvalue weighted by Gasteiger charge is 2.42. The van der Waals surface area contributed by atoms with E-state index in [1.165, 1.54) is 25.3 Å². The molecule has 1 aromatic rings. The lowest BCUT2D eigenvalue weighted by molar-refractivity contribution is 0.104. The normalized spacial score (nSPS) is 16.2. The van der Waals surface area contributed by atoms with Crippen LogP contribution in [0.3, 0.4) is 0 Å². The highest BCUT2D eigenvalue weighted by atomic mass is 32.2. The van der Waals surface area contributed by atoms with Gasteiger partial charge in [0.05, 0.1) is 5.69 Å². The van der Waals surface area contributed by atoms with Gasteiger partial charge in [-0.25, -0.2) is 0 Å². The molecule has 2 N–H and O–H groups in total. The van der Waals surface area contributed by atoms with Crippen LogP contribution in [0.25, 0.3) is 0 Å². The molecule has 0 spiro atoms. The molecule has 0 aliphatic heterocycles. The molecule has 1 aromatic heterocycles. The molecule has 1 rings (SSSR count). The summed E-state index contributed by atoms with van der Waals surface area (Å²) in [4.78, 5) is 1.39. The third-order valence-corrected chi connectivity index (χ3v) is 3.32. The second kappa shape index (κ2) is 3.64. The molecule has 14 heavy (non-hydrogen) atoms. The second-order valence-corrected chi connectivity index (χ2v) is 4.45. The molecule has 0 amide bonds. The Morgan fingerprint density at radius 2 is 2.14 bits per heavy atom. The Kier molecular flexibility index (Phi) is 2.89. The predicted molar refractivity (Wildman–Crippen MR) is 50.0 cm³/mol. The topological polar surface area (TPSA) is 87.5 Å². The Hall–Kier alpha value is -0.980. The summed E-state index contributed by atoms with van der Waals surface area (Å²) in [5, 5.41) is 9.73. The fourth-order valence-electron chi connectivity index (χ4n) is 1.09. The van der Waals surface area contributed by atoms with E-state index in [0.717, 1.165) is 0 Å². The lowest BCUT2D eigenvalue weighted by Gasteiger charge is -2.21. The van der Waals surface area contributed by atoms with Gasteiger partial charge in [0.25, 0.3) is 0 Å². The lowest BCUT2D eigenvalue weighted by atomic mass is 10.2. The zero-order valence-electron chi connectivity index (χ0n) is 7.58. The quantitative estimate of drug-likeness (QED) is 0.721. The van der Waals surface area contributed by atoms with E-state index in [9.17, 15) is 13.5 Å². The zero-order valence-corrected chi connectivity index (χ0v) is 8.40. The van der Waals surface area contributed by atoms with Crippen LogP contribution in [0.5, 0.6) is 0 Å². The smallest absolute Gasteiger partial charge is 0.301 e. The van der Waals surface area contributed by atoms with Crippen molar-refractivity contribution in [2.45, 2.75) is 18.3 Å². The van der Waals surface area contributed by atoms with Gasteiger partial charge in [-0.15, -0.1) is 0 Å². The number of hydrogen-bond acceptors (Lipinski definition) is 4. The summed E-state index contributed by atoms with van der Waals surface area (Å²) in [6, 6.07) is 4.47. The van der Waals surface area contributed by atoms with Gasteiger partial charge in [-0.2, -0.15) is 8.42 Å². The van der Waals surface area contributed by atoms with E-state index in [4.69, 9.17) is 4.55 Å². The zero-order chi connectivity index (χ0) is 10.8. The van der Waals surface area contributed by atoms with Crippen molar-refractivity contribution in [3.8, 4) is 0 Å². The van der Waals surface area contributed by atoms with Crippen LogP contribution in [0.2, 0.25) is 0 Å². The van der Waals surface area contributed by atoms with E-state index >= 15 is 0 Å². The Bertz CT molecular complexity index is 403. The Morgan fingerprint density at radius 3 is 2.50 bits per heavy atom. The molecule has 1 heterocycles. The first-order valence-corrected chi connectivity index (χ1v) is 5.46. The summed E-state index contributed by atoms with van der Waals surface area (Å²) in [6.45, 7) is 1.45. The summed E-state index contributed by atoms with van der Waals surface area (Å²) in [6.07, 6.45) is 1.18. The first-order chi connectivity index (χ1) is 6.42. The standard InChI is InChI=1S/C8H11NO4S/c1-2-8(10,14(11,12)13)7-5-3-4-6-9-7/h3-6,10H,2H2,1H3,(H,11,12,13). The minimum absolute atomic E-state index is 0.0787. The van der Waals surface area contributed by atoms with Gasteiger partial charge in [0.15, 0.2) is 0 Å². The molecule has 1 atom stereocenters. The second-order valence-electron chi connectivity index (χ2n) is 2.83. The molecule has 0 saturated carbocycles. The third-order valence-electron chi connectivity index (χ3n) is 1.97. The van der Waals surface area contributed by atoms with Gasteiger partial charge in [0.2, 0.25) is 4.93 Å². The number of nitrogens with zero attached hydrogens (tertiary/aromatic N) is 1. The molecule has 5 nitrogen and oxygen atoms in total. The van der Waals surface area contributed by atoms with Crippen LogP contribution < -0.4 is 0 Å². The summed E-state index contributed by atoms with van der Waals surface area (Å²) in [7, 11) is -4.57. The number of pyridine rings is 1. The van der Waals surface area contributed by atoms with Crippen molar-refractivity contribution in [1.82, 2.24) is 4.98 Å². The SMILES string of the molecule is CCC(O)(c1ccccn1)S(=O)(=O)O. The number of hydrogen-bond donors (Lipinski definition) is 2. The van der Waals surface area contributed by atoms with Gasteiger partial charge < -0.3 is 5.11 Å². The largest absolute Gasteiger partial charge is 0.368 e. The lowest BCUT2D eigenvalue weighted by Crippen LogP contribution is -2.35. The van der Waals surface area contributed by atoms with Gasteiger partial charge in [0, 0.05) is 6.20 Å². The molecule has 78 valence electrons. The number of rotatable bonds is 3. The van der Waals surface area contributed by atoms with E-state index in [0.29, 0.717) is 0 Å². The number of aliphatic hydroxyl groups is 1. The fourth-order valence-corrected chi connectivity index (χ4v) is 1.84. The molecule has 0 aromatic carbocycles. The van der Waals surface area contributed by atoms with E-state index < -0.39 is 15.1 Å². The predicted octanol–water partition coefficient (Wildman–Crippen LogP) is 0.524. The average Bonchev–Trinajstić information content (AvgIpc) is 2.16. The van der Waals surface area contributed by atoms with Crippen LogP contribution in [0, 0.1) is 0 Å². The van der Waals surface area contributed by atoms with Crippen LogP contribution >= 0.6 is 0 Å². The maximum atomic E-state index is 11.0. The van der Waals surface area contributed by atoms with Crippen LogP contribution in [-0.4, -0.2) is 23.1 Å². The number of aromatic nitrogens is 1. The molecular formula is C8H11NO4S. The van der Waals surface area contributed by atoms with Crippen molar-refractivity contribution < 1.29 is 18.1 Å².